The third-order valence-corrected chi connectivity index (χ3v) is 1.73. The number of hydrogen-bond acceptors (Lipinski definition) is 1. The van der Waals surface area contributed by atoms with Crippen LogP contribution in [-0.4, -0.2) is 11.2 Å². The van der Waals surface area contributed by atoms with Crippen molar-refractivity contribution in [2.75, 3.05) is 0 Å². The van der Waals surface area contributed by atoms with Crippen LogP contribution in [0.4, 0.5) is 0 Å². The summed E-state index contributed by atoms with van der Waals surface area (Å²) in [5, 5.41) is 9.23. The topological polar surface area (TPSA) is 20.2 Å². The Bertz CT molecular complexity index is 238. The summed E-state index contributed by atoms with van der Waals surface area (Å²) in [6.07, 6.45) is 4.21. The molecule has 1 rings (SSSR count). The fourth-order valence-corrected chi connectivity index (χ4v) is 0.922. The van der Waals surface area contributed by atoms with Crippen LogP contribution in [0.15, 0.2) is 36.4 Å². The van der Waals surface area contributed by atoms with Crippen LogP contribution in [0.25, 0.3) is 6.08 Å². The molecule has 64 valence electrons. The average molecular weight is 162 g/mol. The second-order valence-electron chi connectivity index (χ2n) is 2.75. The highest BCUT2D eigenvalue weighted by atomic mass is 16.3. The molecule has 0 bridgehead atoms. The van der Waals surface area contributed by atoms with Crippen LogP contribution < -0.4 is 0 Å². The van der Waals surface area contributed by atoms with Crippen molar-refractivity contribution in [1.82, 2.24) is 0 Å². The average Bonchev–Trinajstić information content (AvgIpc) is 2.16. The Labute approximate surface area is 73.4 Å². The lowest BCUT2D eigenvalue weighted by Gasteiger charge is -1.98. The van der Waals surface area contributed by atoms with Gasteiger partial charge in [0.2, 0.25) is 0 Å². The maximum absolute atomic E-state index is 9.23. The lowest BCUT2D eigenvalue weighted by atomic mass is 10.2. The summed E-state index contributed by atoms with van der Waals surface area (Å²) in [7, 11) is 0. The van der Waals surface area contributed by atoms with Crippen molar-refractivity contribution in [2.24, 2.45) is 0 Å². The van der Waals surface area contributed by atoms with Crippen LogP contribution in [0, 0.1) is 0 Å². The van der Waals surface area contributed by atoms with Crippen LogP contribution in [-0.2, 0) is 0 Å². The lowest BCUT2D eigenvalue weighted by Crippen LogP contribution is -1.97. The number of benzene rings is 1. The van der Waals surface area contributed by atoms with E-state index in [4.69, 9.17) is 0 Å². The summed E-state index contributed by atoms with van der Waals surface area (Å²) in [5.41, 5.74) is 1.13. The van der Waals surface area contributed by atoms with Crippen molar-refractivity contribution in [3.8, 4) is 0 Å². The van der Waals surface area contributed by atoms with Crippen molar-refractivity contribution in [3.05, 3.63) is 42.0 Å². The second kappa shape index (κ2) is 4.73. The van der Waals surface area contributed by atoms with E-state index in [1.165, 1.54) is 0 Å². The van der Waals surface area contributed by atoms with Gasteiger partial charge < -0.3 is 5.11 Å². The quantitative estimate of drug-likeness (QED) is 0.724. The van der Waals surface area contributed by atoms with E-state index in [0.29, 0.717) is 0 Å². The van der Waals surface area contributed by atoms with E-state index >= 15 is 0 Å². The van der Waals surface area contributed by atoms with Gasteiger partial charge in [-0.1, -0.05) is 49.4 Å². The molecular formula is C11H14O. The molecule has 0 aliphatic carbocycles. The molecule has 0 aliphatic heterocycles. The minimum atomic E-state index is -0.315. The minimum Gasteiger partial charge on any atom is -0.389 e. The van der Waals surface area contributed by atoms with Crippen LogP contribution in [0.1, 0.15) is 18.9 Å². The number of hydrogen-bond donors (Lipinski definition) is 1. The fourth-order valence-electron chi connectivity index (χ4n) is 0.922. The molecule has 1 aromatic rings. The van der Waals surface area contributed by atoms with Gasteiger partial charge in [0.15, 0.2) is 0 Å². The Kier molecular flexibility index (Phi) is 3.55. The van der Waals surface area contributed by atoms with Crippen LogP contribution in [0.3, 0.4) is 0 Å². The summed E-state index contributed by atoms with van der Waals surface area (Å²) < 4.78 is 0. The number of aliphatic hydroxyl groups excluding tert-OH is 1. The third kappa shape index (κ3) is 2.89. The molecule has 0 saturated heterocycles. The van der Waals surface area contributed by atoms with Gasteiger partial charge in [0.1, 0.15) is 0 Å². The Balaban J connectivity index is 2.58. The minimum absolute atomic E-state index is 0.315. The van der Waals surface area contributed by atoms with Gasteiger partial charge in [-0.25, -0.2) is 0 Å². The maximum atomic E-state index is 9.23. The molecule has 1 aromatic carbocycles. The molecule has 0 amide bonds. The van der Waals surface area contributed by atoms with E-state index in [-0.39, 0.29) is 6.10 Å². The van der Waals surface area contributed by atoms with Gasteiger partial charge in [0.25, 0.3) is 0 Å². The summed E-state index contributed by atoms with van der Waals surface area (Å²) in [6.45, 7) is 1.96. The first kappa shape index (κ1) is 9.01. The van der Waals surface area contributed by atoms with Gasteiger partial charge in [-0.3, -0.25) is 0 Å². The van der Waals surface area contributed by atoms with Crippen LogP contribution in [0.5, 0.6) is 0 Å². The molecule has 0 spiro atoms. The zero-order valence-electron chi connectivity index (χ0n) is 7.27. The molecule has 1 N–H and O–H groups in total. The Hall–Kier alpha value is -1.08. The molecule has 0 fully saturated rings. The molecule has 0 unspecified atom stereocenters. The van der Waals surface area contributed by atoms with Gasteiger partial charge in [-0.2, -0.15) is 0 Å². The third-order valence-electron chi connectivity index (χ3n) is 1.73. The van der Waals surface area contributed by atoms with Crippen molar-refractivity contribution < 1.29 is 5.11 Å². The zero-order valence-corrected chi connectivity index (χ0v) is 7.27. The first-order valence-corrected chi connectivity index (χ1v) is 4.24. The Morgan fingerprint density at radius 1 is 1.33 bits per heavy atom. The summed E-state index contributed by atoms with van der Waals surface area (Å²) in [6, 6.07) is 9.97. The normalized spacial score (nSPS) is 13.5. The predicted octanol–water partition coefficient (Wildman–Crippen LogP) is 2.47. The Morgan fingerprint density at radius 2 is 2.00 bits per heavy atom. The summed E-state index contributed by atoms with van der Waals surface area (Å²) in [5.74, 6) is 0. The standard InChI is InChI=1S/C11H14O/c1-2-11(12)9-8-10-6-4-3-5-7-10/h3-9,11-12H,2H2,1H3/b9-8+/t11-/m1/s1. The highest BCUT2D eigenvalue weighted by molar-refractivity contribution is 5.49. The second-order valence-corrected chi connectivity index (χ2v) is 2.75. The fraction of sp³-hybridized carbons (Fsp3) is 0.273. The van der Waals surface area contributed by atoms with E-state index in [2.05, 4.69) is 0 Å². The molecule has 1 heteroatoms. The van der Waals surface area contributed by atoms with Gasteiger partial charge in [0.05, 0.1) is 6.10 Å². The van der Waals surface area contributed by atoms with Crippen molar-refractivity contribution in [1.29, 1.82) is 0 Å². The molecule has 12 heavy (non-hydrogen) atoms. The molecule has 0 aliphatic rings. The van der Waals surface area contributed by atoms with Crippen molar-refractivity contribution in [2.45, 2.75) is 19.4 Å². The van der Waals surface area contributed by atoms with Crippen LogP contribution >= 0.6 is 0 Å². The van der Waals surface area contributed by atoms with E-state index in [1.54, 1.807) is 0 Å². The van der Waals surface area contributed by atoms with Gasteiger partial charge in [-0.15, -0.1) is 0 Å². The van der Waals surface area contributed by atoms with Gasteiger partial charge >= 0.3 is 0 Å². The molecular weight excluding hydrogens is 148 g/mol. The molecule has 0 heterocycles. The molecule has 1 atom stereocenters. The summed E-state index contributed by atoms with van der Waals surface area (Å²) >= 11 is 0. The lowest BCUT2D eigenvalue weighted by molar-refractivity contribution is 0.220. The predicted molar refractivity (Wildman–Crippen MR) is 51.8 cm³/mol. The monoisotopic (exact) mass is 162 g/mol. The van der Waals surface area contributed by atoms with E-state index in [9.17, 15) is 5.11 Å². The smallest absolute Gasteiger partial charge is 0.0721 e. The number of rotatable bonds is 3. The van der Waals surface area contributed by atoms with E-state index in [1.807, 2.05) is 49.4 Å². The molecule has 1 nitrogen and oxygen atoms in total. The molecule has 0 saturated carbocycles. The highest BCUT2D eigenvalue weighted by Gasteiger charge is 1.91. The summed E-state index contributed by atoms with van der Waals surface area (Å²) in [4.78, 5) is 0. The Morgan fingerprint density at radius 3 is 2.58 bits per heavy atom. The van der Waals surface area contributed by atoms with Gasteiger partial charge in [0, 0.05) is 0 Å². The SMILES string of the molecule is CC[C@@H](O)/C=C/c1ccccc1. The molecule has 0 aromatic heterocycles. The van der Waals surface area contributed by atoms with Crippen molar-refractivity contribution in [3.63, 3.8) is 0 Å². The number of aliphatic hydroxyl groups is 1. The molecule has 0 radical (unpaired) electrons. The first-order valence-electron chi connectivity index (χ1n) is 4.24. The van der Waals surface area contributed by atoms with E-state index < -0.39 is 0 Å². The zero-order chi connectivity index (χ0) is 8.81. The highest BCUT2D eigenvalue weighted by Crippen LogP contribution is 2.02. The van der Waals surface area contributed by atoms with E-state index in [0.717, 1.165) is 12.0 Å². The largest absolute Gasteiger partial charge is 0.389 e. The first-order chi connectivity index (χ1) is 5.83. The van der Waals surface area contributed by atoms with Crippen LogP contribution in [0.2, 0.25) is 0 Å². The van der Waals surface area contributed by atoms with Gasteiger partial charge in [-0.05, 0) is 12.0 Å². The van der Waals surface area contributed by atoms with Crippen molar-refractivity contribution >= 4 is 6.08 Å². The maximum Gasteiger partial charge on any atom is 0.0721 e.